The van der Waals surface area contributed by atoms with Crippen LogP contribution in [0.4, 0.5) is 0 Å². The number of rotatable bonds is 6. The van der Waals surface area contributed by atoms with Gasteiger partial charge in [0.2, 0.25) is 0 Å². The highest BCUT2D eigenvalue weighted by atomic mass is 79.9. The van der Waals surface area contributed by atoms with Crippen LogP contribution >= 0.6 is 15.9 Å². The second-order valence-electron chi connectivity index (χ2n) is 7.47. The third-order valence-electron chi connectivity index (χ3n) is 5.31. The van der Waals surface area contributed by atoms with E-state index in [1.54, 1.807) is 0 Å². The van der Waals surface area contributed by atoms with Crippen LogP contribution < -0.4 is 4.74 Å². The van der Waals surface area contributed by atoms with E-state index in [9.17, 15) is 4.79 Å². The summed E-state index contributed by atoms with van der Waals surface area (Å²) in [7, 11) is 0. The highest BCUT2D eigenvalue weighted by Crippen LogP contribution is 2.25. The van der Waals surface area contributed by atoms with Crippen molar-refractivity contribution in [2.45, 2.75) is 13.2 Å². The smallest absolute Gasteiger partial charge is 0.253 e. The molecule has 0 spiro atoms. The zero-order valence-corrected chi connectivity index (χ0v) is 18.4. The Morgan fingerprint density at radius 3 is 2.30 bits per heavy atom. The maximum absolute atomic E-state index is 13.0. The van der Waals surface area contributed by atoms with Crippen molar-refractivity contribution in [2.24, 2.45) is 0 Å². The first kappa shape index (κ1) is 20.6. The quantitative estimate of drug-likeness (QED) is 0.515. The monoisotopic (exact) mass is 464 g/mol. The van der Waals surface area contributed by atoms with Crippen molar-refractivity contribution < 1.29 is 9.53 Å². The zero-order chi connectivity index (χ0) is 20.8. The van der Waals surface area contributed by atoms with E-state index in [2.05, 4.69) is 45.1 Å². The van der Waals surface area contributed by atoms with Gasteiger partial charge in [0, 0.05) is 38.3 Å². The third-order valence-corrected chi connectivity index (χ3v) is 5.97. The number of carbonyl (C=O) groups is 1. The molecule has 0 saturated carbocycles. The van der Waals surface area contributed by atoms with E-state index in [1.165, 1.54) is 5.56 Å². The summed E-state index contributed by atoms with van der Waals surface area (Å²) in [5.74, 6) is 0.890. The summed E-state index contributed by atoms with van der Waals surface area (Å²) in [5, 5.41) is 0. The van der Waals surface area contributed by atoms with Crippen molar-refractivity contribution in [3.05, 3.63) is 100 Å². The fraction of sp³-hybridized carbons (Fsp3) is 0.240. The molecule has 1 heterocycles. The van der Waals surface area contributed by atoms with Crippen molar-refractivity contribution in [1.29, 1.82) is 0 Å². The lowest BCUT2D eigenvalue weighted by Crippen LogP contribution is -2.48. The van der Waals surface area contributed by atoms with E-state index in [-0.39, 0.29) is 5.91 Å². The molecule has 4 nitrogen and oxygen atoms in total. The highest BCUT2D eigenvalue weighted by molar-refractivity contribution is 9.10. The summed E-state index contributed by atoms with van der Waals surface area (Å²) in [6.45, 7) is 4.66. The molecular weight excluding hydrogens is 440 g/mol. The van der Waals surface area contributed by atoms with E-state index in [4.69, 9.17) is 4.74 Å². The topological polar surface area (TPSA) is 32.8 Å². The number of halogens is 1. The normalized spacial score (nSPS) is 14.5. The molecule has 1 amide bonds. The Morgan fingerprint density at radius 2 is 1.53 bits per heavy atom. The molecule has 0 aliphatic carbocycles. The molecule has 1 aliphatic rings. The number of para-hydroxylation sites is 1. The van der Waals surface area contributed by atoms with E-state index in [0.717, 1.165) is 54.1 Å². The highest BCUT2D eigenvalue weighted by Gasteiger charge is 2.22. The number of nitrogens with zero attached hydrogens (tertiary/aromatic N) is 2. The minimum absolute atomic E-state index is 0.0945. The molecule has 1 saturated heterocycles. The van der Waals surface area contributed by atoms with Gasteiger partial charge in [-0.1, -0.05) is 54.6 Å². The van der Waals surface area contributed by atoms with Crippen LogP contribution in [0.2, 0.25) is 0 Å². The molecule has 0 atom stereocenters. The lowest BCUT2D eigenvalue weighted by atomic mass is 10.1. The largest absolute Gasteiger partial charge is 0.488 e. The first-order valence-corrected chi connectivity index (χ1v) is 11.0. The van der Waals surface area contributed by atoms with Crippen molar-refractivity contribution in [1.82, 2.24) is 9.80 Å². The second-order valence-corrected chi connectivity index (χ2v) is 8.33. The molecule has 4 rings (SSSR count). The lowest BCUT2D eigenvalue weighted by Gasteiger charge is -2.34. The van der Waals surface area contributed by atoms with Gasteiger partial charge in [-0.25, -0.2) is 0 Å². The number of benzene rings is 3. The van der Waals surface area contributed by atoms with Gasteiger partial charge in [-0.05, 0) is 51.3 Å². The molecule has 0 aromatic heterocycles. The molecule has 3 aromatic carbocycles. The number of ether oxygens (including phenoxy) is 1. The van der Waals surface area contributed by atoms with Crippen molar-refractivity contribution >= 4 is 21.8 Å². The van der Waals surface area contributed by atoms with Crippen LogP contribution in [0.3, 0.4) is 0 Å². The van der Waals surface area contributed by atoms with Gasteiger partial charge in [0.15, 0.2) is 0 Å². The van der Waals surface area contributed by atoms with Crippen LogP contribution in [-0.4, -0.2) is 41.9 Å². The van der Waals surface area contributed by atoms with E-state index in [0.29, 0.717) is 6.61 Å². The average Bonchev–Trinajstić information content (AvgIpc) is 2.79. The fourth-order valence-corrected chi connectivity index (χ4v) is 4.05. The summed E-state index contributed by atoms with van der Waals surface area (Å²) in [6.07, 6.45) is 0. The van der Waals surface area contributed by atoms with E-state index in [1.807, 2.05) is 59.5 Å². The SMILES string of the molecule is O=C(c1cccc(COc2ccccc2Br)c1)N1CCN(Cc2ccccc2)CC1. The minimum atomic E-state index is 0.0945. The predicted octanol–water partition coefficient (Wildman–Crippen LogP) is 4.99. The van der Waals surface area contributed by atoms with Crippen LogP contribution in [0, 0.1) is 0 Å². The Kier molecular flexibility index (Phi) is 6.82. The van der Waals surface area contributed by atoms with Gasteiger partial charge < -0.3 is 9.64 Å². The average molecular weight is 465 g/mol. The molecule has 1 fully saturated rings. The van der Waals surface area contributed by atoms with Gasteiger partial charge in [-0.15, -0.1) is 0 Å². The molecule has 1 aliphatic heterocycles. The number of hydrogen-bond acceptors (Lipinski definition) is 3. The van der Waals surface area contributed by atoms with Gasteiger partial charge in [0.05, 0.1) is 4.47 Å². The third kappa shape index (κ3) is 5.29. The van der Waals surface area contributed by atoms with Crippen molar-refractivity contribution in [2.75, 3.05) is 26.2 Å². The van der Waals surface area contributed by atoms with E-state index >= 15 is 0 Å². The number of amides is 1. The summed E-state index contributed by atoms with van der Waals surface area (Å²) in [4.78, 5) is 17.4. The Hall–Kier alpha value is -2.63. The molecule has 0 N–H and O–H groups in total. The predicted molar refractivity (Wildman–Crippen MR) is 123 cm³/mol. The van der Waals surface area contributed by atoms with Gasteiger partial charge in [0.25, 0.3) is 5.91 Å². The Balaban J connectivity index is 1.32. The molecule has 30 heavy (non-hydrogen) atoms. The van der Waals surface area contributed by atoms with Crippen molar-refractivity contribution in [3.8, 4) is 5.75 Å². The Bertz CT molecular complexity index is 985. The van der Waals surface area contributed by atoms with Gasteiger partial charge in [-0.2, -0.15) is 0 Å². The fourth-order valence-electron chi connectivity index (χ4n) is 3.65. The Morgan fingerprint density at radius 1 is 0.833 bits per heavy atom. The first-order chi connectivity index (χ1) is 14.7. The summed E-state index contributed by atoms with van der Waals surface area (Å²) >= 11 is 3.50. The van der Waals surface area contributed by atoms with Crippen LogP contribution in [0.25, 0.3) is 0 Å². The van der Waals surface area contributed by atoms with E-state index < -0.39 is 0 Å². The van der Waals surface area contributed by atoms with Crippen LogP contribution in [0.15, 0.2) is 83.3 Å². The van der Waals surface area contributed by atoms with Crippen molar-refractivity contribution in [3.63, 3.8) is 0 Å². The Labute approximate surface area is 186 Å². The summed E-state index contributed by atoms with van der Waals surface area (Å²) in [5.41, 5.74) is 3.02. The number of piperazine rings is 1. The second kappa shape index (κ2) is 9.92. The van der Waals surface area contributed by atoms with Gasteiger partial charge >= 0.3 is 0 Å². The summed E-state index contributed by atoms with van der Waals surface area (Å²) in [6, 6.07) is 26.0. The number of carbonyl (C=O) groups excluding carboxylic acids is 1. The summed E-state index contributed by atoms with van der Waals surface area (Å²) < 4.78 is 6.82. The van der Waals surface area contributed by atoms with Gasteiger partial charge in [0.1, 0.15) is 12.4 Å². The maximum atomic E-state index is 13.0. The van der Waals surface area contributed by atoms with Crippen LogP contribution in [-0.2, 0) is 13.2 Å². The lowest BCUT2D eigenvalue weighted by molar-refractivity contribution is 0.0628. The first-order valence-electron chi connectivity index (χ1n) is 10.2. The van der Waals surface area contributed by atoms with Gasteiger partial charge in [-0.3, -0.25) is 9.69 Å². The number of hydrogen-bond donors (Lipinski definition) is 0. The molecule has 154 valence electrons. The molecule has 0 bridgehead atoms. The standard InChI is InChI=1S/C25H25BrN2O2/c26-23-11-4-5-12-24(23)30-19-21-9-6-10-22(17-21)25(29)28-15-13-27(14-16-28)18-20-7-2-1-3-8-20/h1-12,17H,13-16,18-19H2. The van der Waals surface area contributed by atoms with Crippen LogP contribution in [0.5, 0.6) is 5.75 Å². The minimum Gasteiger partial charge on any atom is -0.488 e. The molecule has 3 aromatic rings. The zero-order valence-electron chi connectivity index (χ0n) is 16.8. The molecule has 5 heteroatoms. The molecule has 0 radical (unpaired) electrons. The maximum Gasteiger partial charge on any atom is 0.253 e. The molecule has 0 unspecified atom stereocenters. The molecular formula is C25H25BrN2O2. The van der Waals surface area contributed by atoms with Crippen LogP contribution in [0.1, 0.15) is 21.5 Å².